The Kier molecular flexibility index (Phi) is 13.5. The third kappa shape index (κ3) is 9.52. The van der Waals surface area contributed by atoms with Gasteiger partial charge in [0.15, 0.2) is 6.10 Å². The predicted octanol–water partition coefficient (Wildman–Crippen LogP) is 4.04. The van der Waals surface area contributed by atoms with E-state index < -0.39 is 42.5 Å². The summed E-state index contributed by atoms with van der Waals surface area (Å²) >= 11 is 13.5. The van der Waals surface area contributed by atoms with E-state index in [-0.39, 0.29) is 32.4 Å². The van der Waals surface area contributed by atoms with Crippen molar-refractivity contribution in [3.8, 4) is 16.9 Å². The number of halogens is 2. The summed E-state index contributed by atoms with van der Waals surface area (Å²) in [5.74, 6) is 0.0379. The summed E-state index contributed by atoms with van der Waals surface area (Å²) in [5, 5.41) is 50.2. The minimum atomic E-state index is -2.00. The fourth-order valence-corrected chi connectivity index (χ4v) is 6.43. The number of aliphatic hydroxyl groups is 5. The van der Waals surface area contributed by atoms with Crippen molar-refractivity contribution in [1.82, 2.24) is 9.88 Å². The fraction of sp³-hybridized carbons (Fsp3) is 0.514. The molecule has 0 aliphatic heterocycles. The summed E-state index contributed by atoms with van der Waals surface area (Å²) in [6.45, 7) is -0.0135. The number of aromatic nitrogens is 1. The molecule has 272 valence electrons. The number of unbranched alkanes of at least 4 members (excludes halogenated alkanes) is 1. The molecule has 0 radical (unpaired) electrons. The molecule has 2 aliphatic rings. The summed E-state index contributed by atoms with van der Waals surface area (Å²) in [6.07, 6.45) is 1.94. The van der Waals surface area contributed by atoms with Crippen molar-refractivity contribution < 1.29 is 44.5 Å². The second-order valence-corrected chi connectivity index (χ2v) is 13.8. The van der Waals surface area contributed by atoms with E-state index in [1.165, 1.54) is 12.0 Å². The minimum Gasteiger partial charge on any atom is -0.490 e. The number of carbonyl (C=O) groups excluding carboxylic acids is 1. The molecule has 0 spiro atoms. The Morgan fingerprint density at radius 3 is 2.40 bits per heavy atom. The van der Waals surface area contributed by atoms with Gasteiger partial charge < -0.3 is 44.6 Å². The number of methoxy groups -OCH3 is 1. The highest BCUT2D eigenvalue weighted by molar-refractivity contribution is 6.34. The Labute approximate surface area is 302 Å². The van der Waals surface area contributed by atoms with E-state index in [0.29, 0.717) is 29.3 Å². The summed E-state index contributed by atoms with van der Waals surface area (Å²) in [7, 11) is 1.47. The van der Waals surface area contributed by atoms with Gasteiger partial charge >= 0.3 is 0 Å². The molecule has 4 atom stereocenters. The minimum absolute atomic E-state index is 0.141. The Hall–Kier alpha value is -2.84. The maximum Gasteiger partial charge on any atom is 0.254 e. The van der Waals surface area contributed by atoms with Crippen LogP contribution in [0.5, 0.6) is 5.75 Å². The second-order valence-electron chi connectivity index (χ2n) is 13.0. The average molecular weight is 734 g/mol. The van der Waals surface area contributed by atoms with Crippen molar-refractivity contribution in [3.05, 3.63) is 81.6 Å². The van der Waals surface area contributed by atoms with Crippen LogP contribution in [0.3, 0.4) is 0 Å². The number of carbonyl (C=O) groups is 1. The number of aliphatic hydroxyl groups excluding tert-OH is 5. The maximum absolute atomic E-state index is 12.9. The van der Waals surface area contributed by atoms with E-state index in [1.54, 1.807) is 6.20 Å². The third-order valence-electron chi connectivity index (χ3n) is 9.24. The molecule has 0 saturated heterocycles. The molecule has 11 nitrogen and oxygen atoms in total. The molecule has 13 heteroatoms. The SMILES string of the molecule is COCCN(CCCCc1cc(Cl)c(COC2(c3cnccc3-c3ccccc3OC3CC3)CC2)cc1Cl)C(=O)C(O)C(O)C(O)C(O)CO. The van der Waals surface area contributed by atoms with Crippen LogP contribution in [0.1, 0.15) is 55.2 Å². The van der Waals surface area contributed by atoms with Crippen molar-refractivity contribution >= 4 is 29.1 Å². The Morgan fingerprint density at radius 1 is 0.980 bits per heavy atom. The molecule has 50 heavy (non-hydrogen) atoms. The lowest BCUT2D eigenvalue weighted by atomic mass is 9.96. The van der Waals surface area contributed by atoms with Crippen LogP contribution < -0.4 is 4.74 Å². The lowest BCUT2D eigenvalue weighted by Crippen LogP contribution is -2.53. The topological polar surface area (TPSA) is 162 Å². The lowest BCUT2D eigenvalue weighted by molar-refractivity contribution is -0.159. The van der Waals surface area contributed by atoms with Gasteiger partial charge in [0.25, 0.3) is 5.91 Å². The first-order valence-corrected chi connectivity index (χ1v) is 17.8. The standard InChI is InChI=1S/C37H46Cl2N2O9/c1-48-17-16-41(36(47)35(46)34(45)33(44)31(43)21-42)15-5-4-6-23-18-30(39)24(19-29(23)38)22-49-37(12-13-37)28-20-40-14-11-26(28)27-7-2-3-8-32(27)50-25-9-10-25/h2-3,7-8,11,14,18-20,25,31,33-35,42-46H,4-6,9-10,12-13,15-17,21-22H2,1H3. The Morgan fingerprint density at radius 2 is 1.70 bits per heavy atom. The number of ether oxygens (including phenoxy) is 3. The van der Waals surface area contributed by atoms with Gasteiger partial charge in [-0.2, -0.15) is 0 Å². The van der Waals surface area contributed by atoms with Crippen LogP contribution in [0, 0.1) is 0 Å². The van der Waals surface area contributed by atoms with Crippen LogP contribution in [0.4, 0.5) is 0 Å². The summed E-state index contributed by atoms with van der Waals surface area (Å²) in [5.41, 5.74) is 4.21. The van der Waals surface area contributed by atoms with Gasteiger partial charge in [-0.1, -0.05) is 41.4 Å². The number of hydrogen-bond acceptors (Lipinski definition) is 10. The monoisotopic (exact) mass is 732 g/mol. The highest BCUT2D eigenvalue weighted by atomic mass is 35.5. The van der Waals surface area contributed by atoms with E-state index in [1.807, 2.05) is 42.6 Å². The van der Waals surface area contributed by atoms with Gasteiger partial charge in [0.2, 0.25) is 0 Å². The number of aryl methyl sites for hydroxylation is 1. The van der Waals surface area contributed by atoms with E-state index in [4.69, 9.17) is 42.5 Å². The van der Waals surface area contributed by atoms with Crippen molar-refractivity contribution in [3.63, 3.8) is 0 Å². The molecule has 5 N–H and O–H groups in total. The number of amides is 1. The van der Waals surface area contributed by atoms with Crippen LogP contribution in [0.15, 0.2) is 54.9 Å². The molecular formula is C37H46Cl2N2O9. The number of nitrogens with zero attached hydrogens (tertiary/aromatic N) is 2. The van der Waals surface area contributed by atoms with Crippen molar-refractivity contribution in [2.75, 3.05) is 33.4 Å². The highest BCUT2D eigenvalue weighted by Gasteiger charge is 2.48. The number of para-hydroxylation sites is 1. The number of pyridine rings is 1. The first kappa shape index (κ1) is 38.4. The molecular weight excluding hydrogens is 687 g/mol. The molecule has 1 aromatic heterocycles. The van der Waals surface area contributed by atoms with Crippen LogP contribution in [-0.4, -0.2) is 105 Å². The van der Waals surface area contributed by atoms with Crippen molar-refractivity contribution in [2.45, 2.75) is 87.7 Å². The van der Waals surface area contributed by atoms with Gasteiger partial charge in [-0.3, -0.25) is 9.78 Å². The zero-order valence-electron chi connectivity index (χ0n) is 28.1. The van der Waals surface area contributed by atoms with E-state index in [0.717, 1.165) is 59.3 Å². The molecule has 1 heterocycles. The van der Waals surface area contributed by atoms with Crippen molar-refractivity contribution in [1.29, 1.82) is 0 Å². The second kappa shape index (κ2) is 17.6. The molecule has 2 saturated carbocycles. The van der Waals surface area contributed by atoms with Gasteiger partial charge in [0, 0.05) is 53.8 Å². The maximum atomic E-state index is 12.9. The largest absolute Gasteiger partial charge is 0.490 e. The summed E-state index contributed by atoms with van der Waals surface area (Å²) < 4.78 is 17.9. The molecule has 2 aromatic carbocycles. The Bertz CT molecular complexity index is 1590. The molecule has 2 fully saturated rings. The Balaban J connectivity index is 1.18. The summed E-state index contributed by atoms with van der Waals surface area (Å²) in [4.78, 5) is 18.7. The highest BCUT2D eigenvalue weighted by Crippen LogP contribution is 2.53. The van der Waals surface area contributed by atoms with Crippen LogP contribution >= 0.6 is 23.2 Å². The fourth-order valence-electron chi connectivity index (χ4n) is 5.91. The zero-order valence-corrected chi connectivity index (χ0v) is 29.6. The number of benzene rings is 2. The molecule has 0 bridgehead atoms. The summed E-state index contributed by atoms with van der Waals surface area (Å²) in [6, 6.07) is 13.8. The van der Waals surface area contributed by atoms with Gasteiger partial charge in [-0.15, -0.1) is 0 Å². The van der Waals surface area contributed by atoms with E-state index in [9.17, 15) is 25.2 Å². The molecule has 3 aromatic rings. The normalized spacial score (nSPS) is 17.5. The molecule has 2 aliphatic carbocycles. The van der Waals surface area contributed by atoms with Gasteiger partial charge in [-0.25, -0.2) is 0 Å². The van der Waals surface area contributed by atoms with Gasteiger partial charge in [-0.05, 0) is 85.9 Å². The molecule has 5 rings (SSSR count). The van der Waals surface area contributed by atoms with Crippen LogP contribution in [0.2, 0.25) is 10.0 Å². The van der Waals surface area contributed by atoms with Gasteiger partial charge in [0.05, 0.1) is 31.5 Å². The van der Waals surface area contributed by atoms with E-state index in [2.05, 4.69) is 11.1 Å². The first-order valence-electron chi connectivity index (χ1n) is 17.0. The number of hydrogen-bond donors (Lipinski definition) is 5. The smallest absolute Gasteiger partial charge is 0.254 e. The van der Waals surface area contributed by atoms with Crippen molar-refractivity contribution in [2.24, 2.45) is 0 Å². The zero-order chi connectivity index (χ0) is 35.8. The predicted molar refractivity (Wildman–Crippen MR) is 188 cm³/mol. The van der Waals surface area contributed by atoms with Crippen LogP contribution in [0.25, 0.3) is 11.1 Å². The van der Waals surface area contributed by atoms with E-state index >= 15 is 0 Å². The van der Waals surface area contributed by atoms with Crippen LogP contribution in [-0.2, 0) is 32.9 Å². The first-order chi connectivity index (χ1) is 24.1. The average Bonchev–Trinajstić information content (AvgIpc) is 4.08. The quantitative estimate of drug-likeness (QED) is 0.107. The third-order valence-corrected chi connectivity index (χ3v) is 9.94. The molecule has 4 unspecified atom stereocenters. The van der Waals surface area contributed by atoms with Gasteiger partial charge in [0.1, 0.15) is 24.1 Å². The molecule has 1 amide bonds. The number of rotatable bonds is 20. The lowest BCUT2D eigenvalue weighted by Gasteiger charge is -2.30.